The van der Waals surface area contributed by atoms with Crippen LogP contribution in [-0.4, -0.2) is 11.6 Å². The average molecular weight is 169 g/mol. The Bertz CT molecular complexity index is 236. The summed E-state index contributed by atoms with van der Waals surface area (Å²) in [6.45, 7) is 5.21. The number of rotatable bonds is 2. The Morgan fingerprint density at radius 1 is 1.73 bits per heavy atom. The van der Waals surface area contributed by atoms with Crippen LogP contribution in [0.15, 0.2) is 6.20 Å². The van der Waals surface area contributed by atoms with Gasteiger partial charge in [-0.05, 0) is 0 Å². The molecule has 1 fully saturated rings. The molecule has 3 heteroatoms. The molecular weight excluding hydrogens is 158 g/mol. The lowest BCUT2D eigenvalue weighted by molar-refractivity contribution is 0.418. The van der Waals surface area contributed by atoms with Crippen LogP contribution in [0, 0.1) is 0 Å². The molecule has 1 aliphatic rings. The molecular formula is C8H11NOS. The van der Waals surface area contributed by atoms with Crippen molar-refractivity contribution in [2.75, 3.05) is 6.61 Å². The van der Waals surface area contributed by atoms with E-state index >= 15 is 0 Å². The molecule has 0 saturated carbocycles. The van der Waals surface area contributed by atoms with Crippen molar-refractivity contribution in [3.05, 3.63) is 16.1 Å². The largest absolute Gasteiger partial charge is 0.367 e. The molecule has 1 aliphatic heterocycles. The molecule has 2 rings (SSSR count). The number of ether oxygens (including phenoxy) is 1. The molecule has 0 radical (unpaired) electrons. The van der Waals surface area contributed by atoms with E-state index in [1.807, 2.05) is 6.20 Å². The Balaban J connectivity index is 2.18. The van der Waals surface area contributed by atoms with Gasteiger partial charge in [-0.3, -0.25) is 0 Å². The zero-order chi connectivity index (χ0) is 7.84. The van der Waals surface area contributed by atoms with Crippen LogP contribution in [0.5, 0.6) is 0 Å². The minimum Gasteiger partial charge on any atom is -0.367 e. The van der Waals surface area contributed by atoms with E-state index in [0.29, 0.717) is 12.0 Å². The molecule has 2 nitrogen and oxygen atoms in total. The third kappa shape index (κ3) is 1.44. The summed E-state index contributed by atoms with van der Waals surface area (Å²) in [5.74, 6) is 0.549. The zero-order valence-electron chi connectivity index (χ0n) is 6.70. The molecule has 1 aromatic heterocycles. The van der Waals surface area contributed by atoms with Crippen molar-refractivity contribution >= 4 is 11.3 Å². The Morgan fingerprint density at radius 3 is 2.91 bits per heavy atom. The van der Waals surface area contributed by atoms with Gasteiger partial charge in [-0.2, -0.15) is 0 Å². The molecule has 0 spiro atoms. The van der Waals surface area contributed by atoms with Crippen LogP contribution in [0.1, 0.15) is 35.8 Å². The maximum Gasteiger partial charge on any atom is 0.117 e. The standard InChI is InChI=1S/C8H11NOS/c1-5(2)8-9-3-7(11-8)6-4-10-6/h3,5-6H,4H2,1-2H3. The average Bonchev–Trinajstić information content (AvgIpc) is 2.68. The molecule has 0 aliphatic carbocycles. The highest BCUT2D eigenvalue weighted by atomic mass is 32.1. The quantitative estimate of drug-likeness (QED) is 0.635. The molecule has 1 aromatic rings. The monoisotopic (exact) mass is 169 g/mol. The van der Waals surface area contributed by atoms with Crippen molar-refractivity contribution in [3.63, 3.8) is 0 Å². The van der Waals surface area contributed by atoms with Gasteiger partial charge in [0.2, 0.25) is 0 Å². The molecule has 0 bridgehead atoms. The molecule has 2 heterocycles. The minimum atomic E-state index is 0.375. The number of aromatic nitrogens is 1. The van der Waals surface area contributed by atoms with Crippen LogP contribution in [-0.2, 0) is 4.74 Å². The lowest BCUT2D eigenvalue weighted by atomic mass is 10.2. The second-order valence-corrected chi connectivity index (χ2v) is 4.17. The van der Waals surface area contributed by atoms with Gasteiger partial charge in [0.25, 0.3) is 0 Å². The fraction of sp³-hybridized carbons (Fsp3) is 0.625. The fourth-order valence-corrected chi connectivity index (χ4v) is 1.88. The van der Waals surface area contributed by atoms with Gasteiger partial charge >= 0.3 is 0 Å². The van der Waals surface area contributed by atoms with Gasteiger partial charge in [-0.25, -0.2) is 4.98 Å². The summed E-state index contributed by atoms with van der Waals surface area (Å²) < 4.78 is 5.16. The minimum absolute atomic E-state index is 0.375. The lowest BCUT2D eigenvalue weighted by Gasteiger charge is -1.94. The first-order chi connectivity index (χ1) is 5.27. The van der Waals surface area contributed by atoms with Gasteiger partial charge in [0.05, 0.1) is 16.5 Å². The Kier molecular flexibility index (Phi) is 1.69. The first-order valence-corrected chi connectivity index (χ1v) is 4.66. The summed E-state index contributed by atoms with van der Waals surface area (Å²) in [6, 6.07) is 0. The van der Waals surface area contributed by atoms with E-state index in [-0.39, 0.29) is 0 Å². The predicted molar refractivity (Wildman–Crippen MR) is 44.9 cm³/mol. The normalized spacial score (nSPS) is 22.6. The van der Waals surface area contributed by atoms with E-state index in [1.165, 1.54) is 9.88 Å². The van der Waals surface area contributed by atoms with Gasteiger partial charge in [0.1, 0.15) is 6.10 Å². The van der Waals surface area contributed by atoms with Crippen molar-refractivity contribution in [1.82, 2.24) is 4.98 Å². The van der Waals surface area contributed by atoms with E-state index in [4.69, 9.17) is 4.74 Å². The Hall–Kier alpha value is -0.410. The smallest absolute Gasteiger partial charge is 0.117 e. The third-order valence-electron chi connectivity index (χ3n) is 1.69. The Morgan fingerprint density at radius 2 is 2.45 bits per heavy atom. The van der Waals surface area contributed by atoms with Crippen LogP contribution in [0.4, 0.5) is 0 Å². The molecule has 0 aromatic carbocycles. The van der Waals surface area contributed by atoms with E-state index in [9.17, 15) is 0 Å². The van der Waals surface area contributed by atoms with Crippen molar-refractivity contribution in [1.29, 1.82) is 0 Å². The molecule has 1 atom stereocenters. The number of hydrogen-bond donors (Lipinski definition) is 0. The third-order valence-corrected chi connectivity index (χ3v) is 3.08. The highest BCUT2D eigenvalue weighted by Gasteiger charge is 2.27. The molecule has 0 amide bonds. The fourth-order valence-electron chi connectivity index (χ4n) is 0.929. The maximum atomic E-state index is 5.16. The molecule has 1 unspecified atom stereocenters. The van der Waals surface area contributed by atoms with E-state index in [0.717, 1.165) is 6.61 Å². The summed E-state index contributed by atoms with van der Waals surface area (Å²) in [5.41, 5.74) is 0. The van der Waals surface area contributed by atoms with Gasteiger partial charge in [0.15, 0.2) is 0 Å². The summed E-state index contributed by atoms with van der Waals surface area (Å²) in [6.07, 6.45) is 2.32. The maximum absolute atomic E-state index is 5.16. The van der Waals surface area contributed by atoms with E-state index in [2.05, 4.69) is 18.8 Å². The second-order valence-electron chi connectivity index (χ2n) is 3.08. The SMILES string of the molecule is CC(C)c1ncc(C2CO2)s1. The Labute approximate surface area is 70.2 Å². The predicted octanol–water partition coefficient (Wildman–Crippen LogP) is 2.34. The summed E-state index contributed by atoms with van der Waals surface area (Å²) in [7, 11) is 0. The van der Waals surface area contributed by atoms with Crippen LogP contribution in [0.3, 0.4) is 0 Å². The van der Waals surface area contributed by atoms with Crippen LogP contribution in [0.2, 0.25) is 0 Å². The molecule has 0 N–H and O–H groups in total. The highest BCUT2D eigenvalue weighted by molar-refractivity contribution is 7.11. The molecule has 11 heavy (non-hydrogen) atoms. The van der Waals surface area contributed by atoms with Gasteiger partial charge in [0, 0.05) is 12.1 Å². The van der Waals surface area contributed by atoms with Crippen molar-refractivity contribution < 1.29 is 4.74 Å². The van der Waals surface area contributed by atoms with Crippen LogP contribution < -0.4 is 0 Å². The molecule has 1 saturated heterocycles. The number of hydrogen-bond acceptors (Lipinski definition) is 3. The first kappa shape index (κ1) is 7.25. The van der Waals surface area contributed by atoms with Crippen molar-refractivity contribution in [2.45, 2.75) is 25.9 Å². The van der Waals surface area contributed by atoms with Crippen LogP contribution in [0.25, 0.3) is 0 Å². The number of epoxide rings is 1. The van der Waals surface area contributed by atoms with Gasteiger partial charge in [-0.15, -0.1) is 11.3 Å². The summed E-state index contributed by atoms with van der Waals surface area (Å²) in [5, 5.41) is 1.22. The summed E-state index contributed by atoms with van der Waals surface area (Å²) >= 11 is 1.78. The van der Waals surface area contributed by atoms with Gasteiger partial charge < -0.3 is 4.74 Å². The zero-order valence-corrected chi connectivity index (χ0v) is 7.52. The van der Waals surface area contributed by atoms with Gasteiger partial charge in [-0.1, -0.05) is 13.8 Å². The summed E-state index contributed by atoms with van der Waals surface area (Å²) in [4.78, 5) is 5.60. The second kappa shape index (κ2) is 2.57. The lowest BCUT2D eigenvalue weighted by Crippen LogP contribution is -1.81. The van der Waals surface area contributed by atoms with E-state index < -0.39 is 0 Å². The number of thiazole rings is 1. The van der Waals surface area contributed by atoms with Crippen LogP contribution >= 0.6 is 11.3 Å². The number of nitrogens with zero attached hydrogens (tertiary/aromatic N) is 1. The van der Waals surface area contributed by atoms with Crippen molar-refractivity contribution in [3.8, 4) is 0 Å². The molecule has 60 valence electrons. The van der Waals surface area contributed by atoms with Crippen molar-refractivity contribution in [2.24, 2.45) is 0 Å². The first-order valence-electron chi connectivity index (χ1n) is 3.84. The van der Waals surface area contributed by atoms with E-state index in [1.54, 1.807) is 11.3 Å². The highest BCUT2D eigenvalue weighted by Crippen LogP contribution is 2.35. The topological polar surface area (TPSA) is 25.4 Å².